The van der Waals surface area contributed by atoms with Crippen LogP contribution in [0.3, 0.4) is 0 Å². The molecule has 1 fully saturated rings. The molecule has 88 valence electrons. The van der Waals surface area contributed by atoms with Gasteiger partial charge in [-0.3, -0.25) is 0 Å². The fraction of sp³-hybridized carbons (Fsp3) is 0.400. The zero-order valence-electron chi connectivity index (χ0n) is 8.24. The minimum atomic E-state index is -4.30. The molecule has 1 aromatic carbocycles. The molecule has 0 aliphatic carbocycles. The van der Waals surface area contributed by atoms with Gasteiger partial charge in [0, 0.05) is 23.2 Å². The predicted octanol–water partition coefficient (Wildman–Crippen LogP) is 2.85. The van der Waals surface area contributed by atoms with Crippen molar-refractivity contribution in [2.75, 3.05) is 18.4 Å². The molecule has 2 N–H and O–H groups in total. The highest BCUT2D eigenvalue weighted by molar-refractivity contribution is 9.10. The molecule has 1 aliphatic heterocycles. The molecule has 0 saturated carbocycles. The average Bonchev–Trinajstić information content (AvgIpc) is 2.11. The van der Waals surface area contributed by atoms with Crippen LogP contribution in [-0.2, 0) is 6.18 Å². The number of nitrogens with one attached hydrogen (secondary N) is 2. The Morgan fingerprint density at radius 3 is 2.50 bits per heavy atom. The third-order valence-corrected chi connectivity index (χ3v) is 3.13. The van der Waals surface area contributed by atoms with E-state index in [-0.39, 0.29) is 6.04 Å². The van der Waals surface area contributed by atoms with Crippen LogP contribution in [0.1, 0.15) is 5.56 Å². The standard InChI is InChI=1S/C10H10BrF3N2/c11-8-2-1-6(10(12,13)14)3-9(8)16-7-4-15-5-7/h1-3,7,15-16H,4-5H2. The molecule has 0 bridgehead atoms. The van der Waals surface area contributed by atoms with Crippen LogP contribution in [0.25, 0.3) is 0 Å². The maximum absolute atomic E-state index is 12.5. The molecule has 0 unspecified atom stereocenters. The minimum absolute atomic E-state index is 0.208. The van der Waals surface area contributed by atoms with Crippen molar-refractivity contribution in [2.24, 2.45) is 0 Å². The highest BCUT2D eigenvalue weighted by atomic mass is 79.9. The number of rotatable bonds is 2. The Bertz CT molecular complexity index is 388. The Hall–Kier alpha value is -0.750. The van der Waals surface area contributed by atoms with Gasteiger partial charge in [0.25, 0.3) is 0 Å². The third kappa shape index (κ3) is 2.49. The highest BCUT2D eigenvalue weighted by Crippen LogP contribution is 2.34. The lowest BCUT2D eigenvalue weighted by molar-refractivity contribution is -0.137. The van der Waals surface area contributed by atoms with Crippen molar-refractivity contribution in [3.8, 4) is 0 Å². The number of halogens is 4. The van der Waals surface area contributed by atoms with Gasteiger partial charge in [-0.05, 0) is 34.1 Å². The summed E-state index contributed by atoms with van der Waals surface area (Å²) in [4.78, 5) is 0. The molecule has 1 saturated heterocycles. The number of anilines is 1. The molecule has 1 aromatic rings. The molecule has 0 atom stereocenters. The average molecular weight is 295 g/mol. The molecule has 1 heterocycles. The second-order valence-electron chi connectivity index (χ2n) is 3.69. The first kappa shape index (κ1) is 11.7. The fourth-order valence-corrected chi connectivity index (χ4v) is 1.78. The summed E-state index contributed by atoms with van der Waals surface area (Å²) in [6.45, 7) is 1.56. The molecule has 6 heteroatoms. The van der Waals surface area contributed by atoms with Crippen LogP contribution in [-0.4, -0.2) is 19.1 Å². The van der Waals surface area contributed by atoms with E-state index in [1.165, 1.54) is 6.07 Å². The summed E-state index contributed by atoms with van der Waals surface area (Å²) in [6.07, 6.45) is -4.30. The molecule has 2 nitrogen and oxygen atoms in total. The number of alkyl halides is 3. The van der Waals surface area contributed by atoms with Crippen molar-refractivity contribution in [3.05, 3.63) is 28.2 Å². The number of hydrogen-bond acceptors (Lipinski definition) is 2. The van der Waals surface area contributed by atoms with Crippen molar-refractivity contribution in [1.29, 1.82) is 0 Å². The quantitative estimate of drug-likeness (QED) is 0.876. The lowest BCUT2D eigenvalue weighted by Crippen LogP contribution is -2.51. The van der Waals surface area contributed by atoms with Crippen molar-refractivity contribution in [3.63, 3.8) is 0 Å². The van der Waals surface area contributed by atoms with Gasteiger partial charge in [0.1, 0.15) is 0 Å². The Morgan fingerprint density at radius 1 is 1.31 bits per heavy atom. The van der Waals surface area contributed by atoms with E-state index in [2.05, 4.69) is 26.6 Å². The maximum atomic E-state index is 12.5. The van der Waals surface area contributed by atoms with Crippen molar-refractivity contribution in [2.45, 2.75) is 12.2 Å². The summed E-state index contributed by atoms with van der Waals surface area (Å²) in [5.41, 5.74) is -0.146. The van der Waals surface area contributed by atoms with Gasteiger partial charge in [0.15, 0.2) is 0 Å². The first-order chi connectivity index (χ1) is 7.47. The van der Waals surface area contributed by atoms with Gasteiger partial charge in [0.05, 0.1) is 11.6 Å². The predicted molar refractivity (Wildman–Crippen MR) is 59.4 cm³/mol. The van der Waals surface area contributed by atoms with Crippen LogP contribution in [0.15, 0.2) is 22.7 Å². The van der Waals surface area contributed by atoms with Gasteiger partial charge < -0.3 is 10.6 Å². The highest BCUT2D eigenvalue weighted by Gasteiger charge is 2.31. The first-order valence-electron chi connectivity index (χ1n) is 4.81. The van der Waals surface area contributed by atoms with Crippen molar-refractivity contribution in [1.82, 2.24) is 5.32 Å². The van der Waals surface area contributed by atoms with E-state index < -0.39 is 11.7 Å². The van der Waals surface area contributed by atoms with E-state index in [0.29, 0.717) is 10.2 Å². The van der Waals surface area contributed by atoms with Gasteiger partial charge in [-0.25, -0.2) is 0 Å². The van der Waals surface area contributed by atoms with Gasteiger partial charge >= 0.3 is 6.18 Å². The van der Waals surface area contributed by atoms with Crippen molar-refractivity contribution < 1.29 is 13.2 Å². The second kappa shape index (κ2) is 4.25. The van der Waals surface area contributed by atoms with Gasteiger partial charge in [-0.2, -0.15) is 13.2 Å². The molecular weight excluding hydrogens is 285 g/mol. The second-order valence-corrected chi connectivity index (χ2v) is 4.55. The van der Waals surface area contributed by atoms with Crippen LogP contribution in [0.5, 0.6) is 0 Å². The molecule has 0 radical (unpaired) electrons. The van der Waals surface area contributed by atoms with E-state index in [1.54, 1.807) is 0 Å². The lowest BCUT2D eigenvalue weighted by Gasteiger charge is -2.29. The van der Waals surface area contributed by atoms with Crippen LogP contribution in [0.2, 0.25) is 0 Å². The summed E-state index contributed by atoms with van der Waals surface area (Å²) < 4.78 is 38.1. The summed E-state index contributed by atoms with van der Waals surface area (Å²) in [5, 5.41) is 6.10. The van der Waals surface area contributed by atoms with Gasteiger partial charge in [-0.1, -0.05) is 0 Å². The molecule has 0 aromatic heterocycles. The molecule has 16 heavy (non-hydrogen) atoms. The monoisotopic (exact) mass is 294 g/mol. The van der Waals surface area contributed by atoms with Crippen LogP contribution >= 0.6 is 15.9 Å². The summed E-state index contributed by atoms with van der Waals surface area (Å²) in [7, 11) is 0. The maximum Gasteiger partial charge on any atom is 0.416 e. The normalized spacial score (nSPS) is 17.0. The van der Waals surface area contributed by atoms with E-state index in [9.17, 15) is 13.2 Å². The van der Waals surface area contributed by atoms with E-state index in [4.69, 9.17) is 0 Å². The smallest absolute Gasteiger partial charge is 0.379 e. The summed E-state index contributed by atoms with van der Waals surface area (Å²) in [5.74, 6) is 0. The molecule has 0 spiro atoms. The number of benzene rings is 1. The Morgan fingerprint density at radius 2 is 2.00 bits per heavy atom. The third-order valence-electron chi connectivity index (χ3n) is 2.43. The van der Waals surface area contributed by atoms with Gasteiger partial charge in [0.2, 0.25) is 0 Å². The van der Waals surface area contributed by atoms with E-state index in [1.807, 2.05) is 0 Å². The van der Waals surface area contributed by atoms with Crippen molar-refractivity contribution >= 4 is 21.6 Å². The van der Waals surface area contributed by atoms with E-state index >= 15 is 0 Å². The largest absolute Gasteiger partial charge is 0.416 e. The topological polar surface area (TPSA) is 24.1 Å². The Kier molecular flexibility index (Phi) is 3.12. The zero-order valence-corrected chi connectivity index (χ0v) is 9.82. The van der Waals surface area contributed by atoms with Gasteiger partial charge in [-0.15, -0.1) is 0 Å². The van der Waals surface area contributed by atoms with Crippen LogP contribution in [0.4, 0.5) is 18.9 Å². The zero-order chi connectivity index (χ0) is 11.8. The first-order valence-corrected chi connectivity index (χ1v) is 5.60. The fourth-order valence-electron chi connectivity index (χ4n) is 1.42. The Labute approximate surface area is 99.3 Å². The van der Waals surface area contributed by atoms with Crippen LogP contribution in [0, 0.1) is 0 Å². The SMILES string of the molecule is FC(F)(F)c1ccc(Br)c(NC2CNC2)c1. The molecular formula is C10H10BrF3N2. The summed E-state index contributed by atoms with van der Waals surface area (Å²) >= 11 is 3.23. The Balaban J connectivity index is 2.21. The van der Waals surface area contributed by atoms with E-state index in [0.717, 1.165) is 25.2 Å². The lowest BCUT2D eigenvalue weighted by atomic mass is 10.1. The minimum Gasteiger partial charge on any atom is -0.379 e. The summed E-state index contributed by atoms with van der Waals surface area (Å²) in [6, 6.07) is 3.81. The number of hydrogen-bond donors (Lipinski definition) is 2. The molecule has 0 amide bonds. The van der Waals surface area contributed by atoms with Crippen LogP contribution < -0.4 is 10.6 Å². The molecule has 1 aliphatic rings. The molecule has 2 rings (SSSR count).